The number of ether oxygens (including phenoxy) is 1. The molecule has 3 aromatic rings. The number of rotatable bonds is 9. The van der Waals surface area contributed by atoms with Crippen molar-refractivity contribution in [3.63, 3.8) is 0 Å². The topological polar surface area (TPSA) is 97.6 Å². The van der Waals surface area contributed by atoms with Crippen molar-refractivity contribution < 1.29 is 31.9 Å². The number of para-hydroxylation sites is 1. The number of nitrogens with one attached hydrogen (secondary N) is 1. The highest BCUT2D eigenvalue weighted by atomic mass is 32.2. The molecule has 3 rings (SSSR count). The second-order valence-electron chi connectivity index (χ2n) is 6.89. The molecule has 34 heavy (non-hydrogen) atoms. The maximum absolute atomic E-state index is 13.1. The number of carbonyl (C=O) groups excluding carboxylic acids is 2. The molecule has 0 bridgehead atoms. The van der Waals surface area contributed by atoms with E-state index in [9.17, 15) is 22.8 Å². The van der Waals surface area contributed by atoms with Gasteiger partial charge in [0.25, 0.3) is 5.22 Å². The standard InChI is InChI=1S/C22H21F3N4O4S/c1-3-29(12-18(30)26-17-7-5-4-6-16(17)22(23,24)25)19(31)13-34-21-28-27-20(33-21)14-8-10-15(32-2)11-9-14/h4-11H,3,12-13H2,1-2H3,(H,26,30). The maximum atomic E-state index is 13.1. The van der Waals surface area contributed by atoms with Crippen LogP contribution in [0.5, 0.6) is 5.75 Å². The summed E-state index contributed by atoms with van der Waals surface area (Å²) >= 11 is 0.996. The molecule has 1 N–H and O–H groups in total. The number of alkyl halides is 3. The summed E-state index contributed by atoms with van der Waals surface area (Å²) in [5.41, 5.74) is -0.649. The van der Waals surface area contributed by atoms with Gasteiger partial charge >= 0.3 is 6.18 Å². The molecule has 0 unspecified atom stereocenters. The van der Waals surface area contributed by atoms with Crippen LogP contribution in [0.25, 0.3) is 11.5 Å². The summed E-state index contributed by atoms with van der Waals surface area (Å²) in [5.74, 6) is -0.293. The number of aromatic nitrogens is 2. The molecule has 1 heterocycles. The zero-order chi connectivity index (χ0) is 24.7. The number of halogens is 3. The zero-order valence-electron chi connectivity index (χ0n) is 18.3. The summed E-state index contributed by atoms with van der Waals surface area (Å²) in [4.78, 5) is 26.1. The highest BCUT2D eigenvalue weighted by Crippen LogP contribution is 2.34. The van der Waals surface area contributed by atoms with Gasteiger partial charge < -0.3 is 19.4 Å². The van der Waals surface area contributed by atoms with E-state index in [2.05, 4.69) is 15.5 Å². The van der Waals surface area contributed by atoms with Gasteiger partial charge in [-0.2, -0.15) is 13.2 Å². The van der Waals surface area contributed by atoms with E-state index >= 15 is 0 Å². The molecule has 0 radical (unpaired) electrons. The van der Waals surface area contributed by atoms with Crippen molar-refractivity contribution in [3.05, 3.63) is 54.1 Å². The average molecular weight is 494 g/mol. The number of benzene rings is 2. The Morgan fingerprint density at radius 3 is 2.47 bits per heavy atom. The molecule has 0 saturated carbocycles. The van der Waals surface area contributed by atoms with E-state index in [-0.39, 0.29) is 29.1 Å². The van der Waals surface area contributed by atoms with Crippen LogP contribution in [-0.2, 0) is 15.8 Å². The fourth-order valence-corrected chi connectivity index (χ4v) is 3.58. The number of thioether (sulfide) groups is 1. The molecule has 0 aliphatic carbocycles. The Balaban J connectivity index is 1.56. The highest BCUT2D eigenvalue weighted by molar-refractivity contribution is 7.99. The van der Waals surface area contributed by atoms with Gasteiger partial charge in [-0.3, -0.25) is 9.59 Å². The minimum absolute atomic E-state index is 0.0928. The van der Waals surface area contributed by atoms with E-state index < -0.39 is 30.1 Å². The Bertz CT molecular complexity index is 1140. The number of hydrogen-bond donors (Lipinski definition) is 1. The molecule has 0 spiro atoms. The van der Waals surface area contributed by atoms with Crippen molar-refractivity contribution in [1.29, 1.82) is 0 Å². The van der Waals surface area contributed by atoms with Crippen LogP contribution in [0.3, 0.4) is 0 Å². The molecule has 2 aromatic carbocycles. The predicted octanol–water partition coefficient (Wildman–Crippen LogP) is 4.34. The third-order valence-corrected chi connectivity index (χ3v) is 5.44. The third-order valence-electron chi connectivity index (χ3n) is 4.64. The fourth-order valence-electron chi connectivity index (χ4n) is 2.91. The fraction of sp³-hybridized carbons (Fsp3) is 0.273. The molecular formula is C22H21F3N4O4S. The number of carbonyl (C=O) groups is 2. The molecule has 0 fully saturated rings. The average Bonchev–Trinajstić information content (AvgIpc) is 3.30. The van der Waals surface area contributed by atoms with Gasteiger partial charge in [-0.25, -0.2) is 0 Å². The molecule has 1 aromatic heterocycles. The quantitative estimate of drug-likeness (QED) is 0.442. The third kappa shape index (κ3) is 6.50. The van der Waals surface area contributed by atoms with Gasteiger partial charge in [-0.15, -0.1) is 10.2 Å². The van der Waals surface area contributed by atoms with E-state index in [1.807, 2.05) is 0 Å². The van der Waals surface area contributed by atoms with Crippen LogP contribution in [0.1, 0.15) is 12.5 Å². The maximum Gasteiger partial charge on any atom is 0.418 e. The van der Waals surface area contributed by atoms with E-state index in [0.717, 1.165) is 23.9 Å². The second kappa shape index (κ2) is 11.1. The van der Waals surface area contributed by atoms with Crippen LogP contribution in [0.15, 0.2) is 58.2 Å². The first-order chi connectivity index (χ1) is 16.2. The van der Waals surface area contributed by atoms with Crippen LogP contribution in [0, 0.1) is 0 Å². The monoisotopic (exact) mass is 494 g/mol. The second-order valence-corrected chi connectivity index (χ2v) is 7.82. The Hall–Kier alpha value is -3.54. The van der Waals surface area contributed by atoms with Gasteiger partial charge in [0, 0.05) is 12.1 Å². The van der Waals surface area contributed by atoms with Gasteiger partial charge in [-0.1, -0.05) is 23.9 Å². The van der Waals surface area contributed by atoms with Gasteiger partial charge in [0.15, 0.2) is 0 Å². The first-order valence-corrected chi connectivity index (χ1v) is 11.0. The Labute approximate surface area is 197 Å². The van der Waals surface area contributed by atoms with Gasteiger partial charge in [0.05, 0.1) is 30.7 Å². The highest BCUT2D eigenvalue weighted by Gasteiger charge is 2.33. The number of methoxy groups -OCH3 is 1. The van der Waals surface area contributed by atoms with E-state index in [0.29, 0.717) is 11.3 Å². The summed E-state index contributed by atoms with van der Waals surface area (Å²) in [6.45, 7) is 1.45. The smallest absolute Gasteiger partial charge is 0.418 e. The van der Waals surface area contributed by atoms with Gasteiger partial charge in [0.1, 0.15) is 5.75 Å². The summed E-state index contributed by atoms with van der Waals surface area (Å²) < 4.78 is 50.0. The number of likely N-dealkylation sites (N-methyl/N-ethyl adjacent to an activating group) is 1. The van der Waals surface area contributed by atoms with E-state index in [1.54, 1.807) is 38.3 Å². The molecule has 180 valence electrons. The minimum atomic E-state index is -4.62. The molecule has 0 aliphatic heterocycles. The summed E-state index contributed by atoms with van der Waals surface area (Å²) in [6.07, 6.45) is -4.62. The summed E-state index contributed by atoms with van der Waals surface area (Å²) in [7, 11) is 1.55. The van der Waals surface area contributed by atoms with Crippen LogP contribution in [-0.4, -0.2) is 52.9 Å². The molecule has 12 heteroatoms. The lowest BCUT2D eigenvalue weighted by Crippen LogP contribution is -2.39. The molecule has 0 atom stereocenters. The lowest BCUT2D eigenvalue weighted by Gasteiger charge is -2.20. The lowest BCUT2D eigenvalue weighted by molar-refractivity contribution is -0.137. The van der Waals surface area contributed by atoms with Gasteiger partial charge in [0.2, 0.25) is 17.7 Å². The normalized spacial score (nSPS) is 11.2. The SMILES string of the molecule is CCN(CC(=O)Nc1ccccc1C(F)(F)F)C(=O)CSc1nnc(-c2ccc(OC)cc2)o1. The van der Waals surface area contributed by atoms with E-state index in [4.69, 9.17) is 9.15 Å². The Morgan fingerprint density at radius 1 is 1.12 bits per heavy atom. The van der Waals surface area contributed by atoms with E-state index in [1.165, 1.54) is 17.0 Å². The first-order valence-electron chi connectivity index (χ1n) is 10.1. The number of anilines is 1. The van der Waals surface area contributed by atoms with Crippen LogP contribution in [0.2, 0.25) is 0 Å². The molecule has 2 amide bonds. The zero-order valence-corrected chi connectivity index (χ0v) is 19.1. The van der Waals surface area contributed by atoms with Crippen molar-refractivity contribution in [3.8, 4) is 17.2 Å². The van der Waals surface area contributed by atoms with Crippen molar-refractivity contribution in [2.75, 3.05) is 31.3 Å². The van der Waals surface area contributed by atoms with Crippen molar-refractivity contribution in [2.24, 2.45) is 0 Å². The summed E-state index contributed by atoms with van der Waals surface area (Å²) in [6, 6.07) is 11.6. The molecule has 0 aliphatic rings. The minimum Gasteiger partial charge on any atom is -0.497 e. The van der Waals surface area contributed by atoms with Crippen molar-refractivity contribution >= 4 is 29.3 Å². The molecule has 0 saturated heterocycles. The van der Waals surface area contributed by atoms with Gasteiger partial charge in [-0.05, 0) is 43.3 Å². The van der Waals surface area contributed by atoms with Crippen molar-refractivity contribution in [2.45, 2.75) is 18.3 Å². The number of amides is 2. The number of nitrogens with zero attached hydrogens (tertiary/aromatic N) is 3. The Kier molecular flexibility index (Phi) is 8.16. The molecular weight excluding hydrogens is 473 g/mol. The molecule has 8 nitrogen and oxygen atoms in total. The largest absolute Gasteiger partial charge is 0.497 e. The van der Waals surface area contributed by atoms with Crippen LogP contribution < -0.4 is 10.1 Å². The first kappa shape index (κ1) is 25.1. The summed E-state index contributed by atoms with van der Waals surface area (Å²) in [5, 5.41) is 10.2. The van der Waals surface area contributed by atoms with Crippen molar-refractivity contribution in [1.82, 2.24) is 15.1 Å². The van der Waals surface area contributed by atoms with Crippen LogP contribution in [0.4, 0.5) is 18.9 Å². The lowest BCUT2D eigenvalue weighted by atomic mass is 10.1. The van der Waals surface area contributed by atoms with Crippen LogP contribution >= 0.6 is 11.8 Å². The Morgan fingerprint density at radius 2 is 1.82 bits per heavy atom. The predicted molar refractivity (Wildman–Crippen MR) is 119 cm³/mol. The number of hydrogen-bond acceptors (Lipinski definition) is 7.